The second kappa shape index (κ2) is 6.55. The van der Waals surface area contributed by atoms with Crippen LogP contribution in [0, 0.1) is 13.8 Å². The maximum Gasteiger partial charge on any atom is 0.0344 e. The summed E-state index contributed by atoms with van der Waals surface area (Å²) in [5, 5.41) is 0.0391. The zero-order valence-corrected chi connectivity index (χ0v) is 14.0. The highest BCUT2D eigenvalue weighted by Crippen LogP contribution is 2.43. The molecule has 0 saturated carbocycles. The molecule has 106 valence electrons. The maximum atomic E-state index is 3.13. The molecule has 2 aromatic carbocycles. The van der Waals surface area contributed by atoms with Crippen LogP contribution in [-0.4, -0.2) is 0 Å². The van der Waals surface area contributed by atoms with Gasteiger partial charge < -0.3 is 0 Å². The third-order valence-corrected chi connectivity index (χ3v) is 5.01. The van der Waals surface area contributed by atoms with Crippen molar-refractivity contribution in [2.24, 2.45) is 0 Å². The Hall–Kier alpha value is -1.13. The molecule has 0 aliphatic carbocycles. The number of hydrogen-bond acceptors (Lipinski definition) is 0. The predicted molar refractivity (Wildman–Crippen MR) is 92.4 cm³/mol. The summed E-state index contributed by atoms with van der Waals surface area (Å²) < 4.78 is 0. The Kier molecular flexibility index (Phi) is 5.00. The Morgan fingerprint density at radius 3 is 1.55 bits per heavy atom. The van der Waals surface area contributed by atoms with Crippen molar-refractivity contribution in [2.75, 3.05) is 0 Å². The van der Waals surface area contributed by atoms with E-state index in [-0.39, 0.29) is 5.16 Å². The highest BCUT2D eigenvalue weighted by molar-refractivity contribution is 7.19. The van der Waals surface area contributed by atoms with Crippen molar-refractivity contribution in [2.45, 2.75) is 45.2 Å². The van der Waals surface area contributed by atoms with Crippen LogP contribution in [0.25, 0.3) is 0 Å². The van der Waals surface area contributed by atoms with E-state index < -0.39 is 0 Å². The van der Waals surface area contributed by atoms with E-state index in [0.717, 1.165) is 0 Å². The lowest BCUT2D eigenvalue weighted by Crippen LogP contribution is -2.19. The Morgan fingerprint density at radius 1 is 0.800 bits per heavy atom. The van der Waals surface area contributed by atoms with Crippen molar-refractivity contribution in [1.29, 1.82) is 0 Å². The first-order valence-electron chi connectivity index (χ1n) is 7.49. The molecule has 2 rings (SSSR count). The highest BCUT2D eigenvalue weighted by atomic mass is 31.0. The van der Waals surface area contributed by atoms with Gasteiger partial charge in [0.1, 0.15) is 0 Å². The van der Waals surface area contributed by atoms with Gasteiger partial charge in [0.2, 0.25) is 0 Å². The van der Waals surface area contributed by atoms with E-state index in [4.69, 9.17) is 0 Å². The van der Waals surface area contributed by atoms with Crippen LogP contribution < -0.4 is 0 Å². The first-order valence-corrected chi connectivity index (χ1v) is 8.07. The van der Waals surface area contributed by atoms with Crippen molar-refractivity contribution in [3.63, 3.8) is 0 Å². The summed E-state index contributed by atoms with van der Waals surface area (Å²) in [7, 11) is 3.13. The number of rotatable bonds is 5. The molecule has 0 spiro atoms. The zero-order chi connectivity index (χ0) is 14.6. The molecule has 0 bridgehead atoms. The fourth-order valence-corrected chi connectivity index (χ4v) is 3.20. The molecule has 0 heterocycles. The lowest BCUT2D eigenvalue weighted by molar-refractivity contribution is 0.607. The molecule has 0 radical (unpaired) electrons. The van der Waals surface area contributed by atoms with Crippen LogP contribution in [0.3, 0.4) is 0 Å². The van der Waals surface area contributed by atoms with Gasteiger partial charge in [0.15, 0.2) is 0 Å². The summed E-state index contributed by atoms with van der Waals surface area (Å²) in [5.41, 5.74) is 5.43. The van der Waals surface area contributed by atoms with Gasteiger partial charge in [-0.1, -0.05) is 79.4 Å². The third kappa shape index (κ3) is 3.30. The van der Waals surface area contributed by atoms with E-state index in [1.807, 2.05) is 0 Å². The summed E-state index contributed by atoms with van der Waals surface area (Å²) in [6.45, 7) is 6.55. The number of hydrogen-bond donors (Lipinski definition) is 0. The fourth-order valence-electron chi connectivity index (χ4n) is 2.61. The van der Waals surface area contributed by atoms with Crippen molar-refractivity contribution in [3.8, 4) is 0 Å². The second-order valence-corrected chi connectivity index (χ2v) is 6.79. The molecule has 2 aromatic rings. The first kappa shape index (κ1) is 15.3. The molecule has 0 aliphatic heterocycles. The van der Waals surface area contributed by atoms with E-state index in [9.17, 15) is 0 Å². The largest absolute Gasteiger partial charge is 0.122 e. The normalized spacial score (nSPS) is 11.6. The molecule has 0 aromatic heterocycles. The molecule has 0 fully saturated rings. The lowest BCUT2D eigenvalue weighted by Gasteiger charge is -2.31. The average molecular weight is 284 g/mol. The second-order valence-electron chi connectivity index (χ2n) is 5.81. The molecule has 1 unspecified atom stereocenters. The van der Waals surface area contributed by atoms with Crippen LogP contribution in [0.5, 0.6) is 0 Å². The zero-order valence-electron chi connectivity index (χ0n) is 12.8. The van der Waals surface area contributed by atoms with E-state index in [1.54, 1.807) is 0 Å². The van der Waals surface area contributed by atoms with Crippen LogP contribution in [-0.2, 0) is 5.16 Å². The molecule has 20 heavy (non-hydrogen) atoms. The predicted octanol–water partition coefficient (Wildman–Crippen LogP) is 5.61. The molecule has 1 atom stereocenters. The van der Waals surface area contributed by atoms with E-state index in [1.165, 1.54) is 41.5 Å². The van der Waals surface area contributed by atoms with Gasteiger partial charge in [-0.05, 0) is 31.4 Å². The summed E-state index contributed by atoms with van der Waals surface area (Å²) in [6, 6.07) is 18.0. The Bertz CT molecular complexity index is 491. The quantitative estimate of drug-likeness (QED) is 0.626. The Morgan fingerprint density at radius 2 is 1.20 bits per heavy atom. The van der Waals surface area contributed by atoms with Crippen molar-refractivity contribution < 1.29 is 0 Å². The van der Waals surface area contributed by atoms with Gasteiger partial charge in [-0.2, -0.15) is 0 Å². The highest BCUT2D eigenvalue weighted by Gasteiger charge is 2.28. The molecular weight excluding hydrogens is 259 g/mol. The molecule has 0 amide bonds. The maximum absolute atomic E-state index is 3.13. The first-order chi connectivity index (χ1) is 9.56. The molecule has 0 aliphatic rings. The molecule has 0 nitrogen and oxygen atoms in total. The average Bonchev–Trinajstić information content (AvgIpc) is 2.46. The fraction of sp³-hybridized carbons (Fsp3) is 0.368. The lowest BCUT2D eigenvalue weighted by atomic mass is 9.85. The van der Waals surface area contributed by atoms with Gasteiger partial charge >= 0.3 is 0 Å². The van der Waals surface area contributed by atoms with E-state index in [0.29, 0.717) is 0 Å². The minimum absolute atomic E-state index is 0.0391. The van der Waals surface area contributed by atoms with E-state index >= 15 is 0 Å². The van der Waals surface area contributed by atoms with Gasteiger partial charge in [-0.15, -0.1) is 9.24 Å². The summed E-state index contributed by atoms with van der Waals surface area (Å²) in [4.78, 5) is 0. The van der Waals surface area contributed by atoms with Crippen molar-refractivity contribution >= 4 is 9.24 Å². The van der Waals surface area contributed by atoms with Crippen molar-refractivity contribution in [1.82, 2.24) is 0 Å². The van der Waals surface area contributed by atoms with Crippen molar-refractivity contribution in [3.05, 3.63) is 70.8 Å². The van der Waals surface area contributed by atoms with Crippen LogP contribution in [0.15, 0.2) is 48.5 Å². The Balaban J connectivity index is 2.43. The van der Waals surface area contributed by atoms with Crippen LogP contribution in [0.2, 0.25) is 0 Å². The number of benzene rings is 2. The van der Waals surface area contributed by atoms with Gasteiger partial charge in [-0.25, -0.2) is 0 Å². The van der Waals surface area contributed by atoms with Crippen LogP contribution >= 0.6 is 9.24 Å². The van der Waals surface area contributed by atoms with Crippen LogP contribution in [0.1, 0.15) is 48.4 Å². The van der Waals surface area contributed by atoms with Gasteiger partial charge in [0.05, 0.1) is 0 Å². The topological polar surface area (TPSA) is 0 Å². The smallest absolute Gasteiger partial charge is 0.0344 e. The monoisotopic (exact) mass is 284 g/mol. The number of unbranched alkanes of at least 4 members (excludes halogenated alkanes) is 1. The third-order valence-electron chi connectivity index (χ3n) is 4.06. The van der Waals surface area contributed by atoms with Gasteiger partial charge in [-0.3, -0.25) is 0 Å². The van der Waals surface area contributed by atoms with E-state index in [2.05, 4.69) is 78.5 Å². The van der Waals surface area contributed by atoms with Gasteiger partial charge in [0, 0.05) is 5.16 Å². The summed E-state index contributed by atoms with van der Waals surface area (Å²) >= 11 is 0. The standard InChI is InChI=1S/C19H25P/c1-4-5-14-19(20,17-10-6-15(2)7-11-17)18-12-8-16(3)9-13-18/h6-13H,4-5,14,20H2,1-3H3. The molecule has 0 N–H and O–H groups in total. The SMILES string of the molecule is CCCCC(P)(c1ccc(C)cc1)c1ccc(C)cc1. The summed E-state index contributed by atoms with van der Waals surface area (Å²) in [6.07, 6.45) is 3.64. The molecular formula is C19H25P. The number of aryl methyl sites for hydroxylation is 2. The summed E-state index contributed by atoms with van der Waals surface area (Å²) in [5.74, 6) is 0. The molecule has 1 heteroatoms. The van der Waals surface area contributed by atoms with Crippen LogP contribution in [0.4, 0.5) is 0 Å². The molecule has 0 saturated heterocycles. The minimum atomic E-state index is 0.0391. The minimum Gasteiger partial charge on any atom is -0.122 e. The Labute approximate surface area is 125 Å². The van der Waals surface area contributed by atoms with Gasteiger partial charge in [0.25, 0.3) is 0 Å².